The summed E-state index contributed by atoms with van der Waals surface area (Å²) in [5.41, 5.74) is 2.33. The summed E-state index contributed by atoms with van der Waals surface area (Å²) in [7, 11) is 1.48. The number of nitrogens with zero attached hydrogens (tertiary/aromatic N) is 1. The van der Waals surface area contributed by atoms with Crippen molar-refractivity contribution in [3.8, 4) is 11.1 Å². The van der Waals surface area contributed by atoms with Gasteiger partial charge in [0.05, 0.1) is 22.5 Å². The van der Waals surface area contributed by atoms with Crippen LogP contribution in [-0.4, -0.2) is 46.8 Å². The van der Waals surface area contributed by atoms with Crippen molar-refractivity contribution in [3.63, 3.8) is 0 Å². The van der Waals surface area contributed by atoms with Crippen molar-refractivity contribution in [2.45, 2.75) is 25.4 Å². The summed E-state index contributed by atoms with van der Waals surface area (Å²) in [6.45, 7) is 1.54. The molecule has 8 nitrogen and oxygen atoms in total. The van der Waals surface area contributed by atoms with Gasteiger partial charge in [-0.3, -0.25) is 14.4 Å². The molecule has 0 aliphatic carbocycles. The molecule has 0 saturated carbocycles. The van der Waals surface area contributed by atoms with Gasteiger partial charge in [0.2, 0.25) is 0 Å². The molecule has 1 aliphatic heterocycles. The average Bonchev–Trinajstić information content (AvgIpc) is 2.76. The Morgan fingerprint density at radius 3 is 2.45 bits per heavy atom. The highest BCUT2D eigenvalue weighted by molar-refractivity contribution is 6.42. The number of carboxylic acid groups (broad SMARTS) is 1. The zero-order valence-electron chi connectivity index (χ0n) is 17.8. The second kappa shape index (κ2) is 10.1. The molecule has 0 bridgehead atoms. The molecule has 3 amide bonds. The summed E-state index contributed by atoms with van der Waals surface area (Å²) in [6, 6.07) is 8.89. The monoisotopic (exact) mass is 489 g/mol. The summed E-state index contributed by atoms with van der Waals surface area (Å²) >= 11 is 12.1. The molecule has 1 heterocycles. The highest BCUT2D eigenvalue weighted by atomic mass is 35.5. The maximum absolute atomic E-state index is 12.6. The molecule has 2 atom stereocenters. The van der Waals surface area contributed by atoms with Crippen LogP contribution in [0.4, 0.5) is 4.79 Å². The number of hydrogen-bond acceptors (Lipinski definition) is 4. The van der Waals surface area contributed by atoms with Crippen LogP contribution in [0.2, 0.25) is 10.0 Å². The van der Waals surface area contributed by atoms with E-state index < -0.39 is 42.2 Å². The number of ketones is 1. The largest absolute Gasteiger partial charge is 0.481 e. The molecule has 33 heavy (non-hydrogen) atoms. The highest BCUT2D eigenvalue weighted by Gasteiger charge is 2.35. The lowest BCUT2D eigenvalue weighted by atomic mass is 9.98. The zero-order valence-corrected chi connectivity index (χ0v) is 19.3. The first-order chi connectivity index (χ1) is 15.6. The number of carbonyl (C=O) groups is 4. The minimum atomic E-state index is -1.38. The zero-order chi connectivity index (χ0) is 24.3. The normalized spacial score (nSPS) is 16.8. The van der Waals surface area contributed by atoms with Gasteiger partial charge in [0.15, 0.2) is 11.8 Å². The van der Waals surface area contributed by atoms with Crippen molar-refractivity contribution < 1.29 is 24.3 Å². The summed E-state index contributed by atoms with van der Waals surface area (Å²) in [4.78, 5) is 49.9. The molecule has 0 radical (unpaired) electrons. The summed E-state index contributed by atoms with van der Waals surface area (Å²) in [5, 5.41) is 15.1. The van der Waals surface area contributed by atoms with Gasteiger partial charge >= 0.3 is 12.0 Å². The number of amides is 3. The first-order valence-electron chi connectivity index (χ1n) is 9.90. The lowest BCUT2D eigenvalue weighted by Crippen LogP contribution is -2.56. The van der Waals surface area contributed by atoms with Crippen LogP contribution in [0.15, 0.2) is 54.2 Å². The van der Waals surface area contributed by atoms with Crippen molar-refractivity contribution in [2.75, 3.05) is 7.05 Å². The number of aliphatic carboxylic acids is 1. The van der Waals surface area contributed by atoms with Gasteiger partial charge in [0.1, 0.15) is 0 Å². The third-order valence-electron chi connectivity index (χ3n) is 5.13. The van der Waals surface area contributed by atoms with Gasteiger partial charge in [0.25, 0.3) is 5.91 Å². The van der Waals surface area contributed by atoms with Crippen LogP contribution in [0.1, 0.15) is 24.9 Å². The number of Topliss-reactive ketones (excluding diaryl/α,β-unsaturated/α-hetero) is 1. The van der Waals surface area contributed by atoms with Gasteiger partial charge in [-0.15, -0.1) is 0 Å². The number of carboxylic acids is 1. The van der Waals surface area contributed by atoms with Crippen molar-refractivity contribution in [2.24, 2.45) is 0 Å². The molecule has 0 saturated heterocycles. The van der Waals surface area contributed by atoms with Gasteiger partial charge in [-0.1, -0.05) is 47.5 Å². The number of benzene rings is 2. The van der Waals surface area contributed by atoms with E-state index in [1.165, 1.54) is 18.1 Å². The maximum Gasteiger partial charge on any atom is 0.316 e. The molecular weight excluding hydrogens is 469 g/mol. The molecule has 10 heteroatoms. The van der Waals surface area contributed by atoms with Crippen LogP contribution in [0.5, 0.6) is 0 Å². The Balaban J connectivity index is 1.83. The average molecular weight is 490 g/mol. The summed E-state index contributed by atoms with van der Waals surface area (Å²) in [6.07, 6.45) is 0.978. The highest BCUT2D eigenvalue weighted by Crippen LogP contribution is 2.30. The number of nitrogens with one attached hydrogen (secondary N) is 2. The quantitative estimate of drug-likeness (QED) is 0.533. The third kappa shape index (κ3) is 5.71. The summed E-state index contributed by atoms with van der Waals surface area (Å²) < 4.78 is 0. The van der Waals surface area contributed by atoms with Crippen LogP contribution in [0.3, 0.4) is 0 Å². The molecule has 3 rings (SSSR count). The number of likely N-dealkylation sites (N-methyl/N-ethyl adjacent to an activating group) is 1. The lowest BCUT2D eigenvalue weighted by molar-refractivity contribution is -0.138. The van der Waals surface area contributed by atoms with Crippen molar-refractivity contribution in [3.05, 3.63) is 69.8 Å². The first kappa shape index (κ1) is 24.3. The Morgan fingerprint density at radius 1 is 1.09 bits per heavy atom. The van der Waals surface area contributed by atoms with Gasteiger partial charge in [-0.2, -0.15) is 0 Å². The molecule has 3 N–H and O–H groups in total. The van der Waals surface area contributed by atoms with Crippen molar-refractivity contribution >= 4 is 46.9 Å². The number of urea groups is 1. The Labute approximate surface area is 200 Å². The predicted octanol–water partition coefficient (Wildman–Crippen LogP) is 3.79. The maximum atomic E-state index is 12.6. The van der Waals surface area contributed by atoms with E-state index in [4.69, 9.17) is 23.2 Å². The number of hydrogen-bond donors (Lipinski definition) is 3. The van der Waals surface area contributed by atoms with Gasteiger partial charge in [0, 0.05) is 18.8 Å². The topological polar surface area (TPSA) is 116 Å². The lowest BCUT2D eigenvalue weighted by Gasteiger charge is -2.27. The van der Waals surface area contributed by atoms with Crippen LogP contribution < -0.4 is 10.6 Å². The van der Waals surface area contributed by atoms with Crippen molar-refractivity contribution in [1.29, 1.82) is 0 Å². The Morgan fingerprint density at radius 2 is 1.79 bits per heavy atom. The van der Waals surface area contributed by atoms with Crippen molar-refractivity contribution in [1.82, 2.24) is 15.5 Å². The van der Waals surface area contributed by atoms with Crippen LogP contribution >= 0.6 is 23.2 Å². The van der Waals surface area contributed by atoms with Gasteiger partial charge in [-0.05, 0) is 41.8 Å². The first-order valence-corrected chi connectivity index (χ1v) is 10.7. The SMILES string of the molecule is CC1=CN(C)C(=O)C(NC(=O)NC(CC(=O)O)c2cccc(-c3ccc(Cl)c(Cl)c3)c2)C1=O. The summed E-state index contributed by atoms with van der Waals surface area (Å²) in [5.74, 6) is -2.25. The molecule has 0 spiro atoms. The second-order valence-corrected chi connectivity index (χ2v) is 8.40. The van der Waals surface area contributed by atoms with Gasteiger partial charge < -0.3 is 20.6 Å². The molecule has 2 aromatic carbocycles. The Kier molecular flexibility index (Phi) is 7.40. The molecule has 0 aromatic heterocycles. The molecule has 2 aromatic rings. The van der Waals surface area contributed by atoms with E-state index in [2.05, 4.69) is 10.6 Å². The molecule has 2 unspecified atom stereocenters. The minimum Gasteiger partial charge on any atom is -0.481 e. The predicted molar refractivity (Wildman–Crippen MR) is 124 cm³/mol. The standard InChI is InChI=1S/C23H21Cl2N3O5/c1-12-11-28(2)22(32)20(21(12)31)27-23(33)26-18(10-19(29)30)15-5-3-4-13(8-15)14-6-7-16(24)17(25)9-14/h3-9,11,18,20H,10H2,1-2H3,(H,29,30)(H2,26,27,33). The van der Waals surface area contributed by atoms with E-state index in [0.29, 0.717) is 21.2 Å². The molecular formula is C23H21Cl2N3O5. The smallest absolute Gasteiger partial charge is 0.316 e. The second-order valence-electron chi connectivity index (χ2n) is 7.58. The fourth-order valence-electron chi connectivity index (χ4n) is 3.46. The van der Waals surface area contributed by atoms with Crippen LogP contribution in [0, 0.1) is 0 Å². The molecule has 1 aliphatic rings. The molecule has 0 fully saturated rings. The minimum absolute atomic E-state index is 0.318. The number of halogens is 2. The van der Waals surface area contributed by atoms with Crippen LogP contribution in [0.25, 0.3) is 11.1 Å². The van der Waals surface area contributed by atoms with E-state index in [1.54, 1.807) is 43.3 Å². The van der Waals surface area contributed by atoms with E-state index >= 15 is 0 Å². The third-order valence-corrected chi connectivity index (χ3v) is 5.87. The fraction of sp³-hybridized carbons (Fsp3) is 0.217. The molecule has 172 valence electrons. The Hall–Kier alpha value is -3.36. The van der Waals surface area contributed by atoms with Crippen LogP contribution in [-0.2, 0) is 14.4 Å². The van der Waals surface area contributed by atoms with E-state index in [-0.39, 0.29) is 0 Å². The number of carbonyl (C=O) groups excluding carboxylic acids is 3. The number of rotatable bonds is 6. The fourth-order valence-corrected chi connectivity index (χ4v) is 3.76. The Bertz CT molecular complexity index is 1160. The van der Waals surface area contributed by atoms with E-state index in [9.17, 15) is 24.3 Å². The van der Waals surface area contributed by atoms with E-state index in [1.807, 2.05) is 6.07 Å². The van der Waals surface area contributed by atoms with E-state index in [0.717, 1.165) is 11.1 Å². The van der Waals surface area contributed by atoms with Gasteiger partial charge in [-0.25, -0.2) is 4.79 Å².